The van der Waals surface area contributed by atoms with Crippen molar-refractivity contribution >= 4 is 0 Å². The summed E-state index contributed by atoms with van der Waals surface area (Å²) in [5.74, 6) is 0.581. The number of ether oxygens (including phenoxy) is 2. The Balaban J connectivity index is 1.83. The summed E-state index contributed by atoms with van der Waals surface area (Å²) in [6.45, 7) is 3.91. The van der Waals surface area contributed by atoms with Crippen molar-refractivity contribution in [1.82, 2.24) is 5.32 Å². The fourth-order valence-corrected chi connectivity index (χ4v) is 2.62. The van der Waals surface area contributed by atoms with E-state index in [-0.39, 0.29) is 5.82 Å². The van der Waals surface area contributed by atoms with Crippen LogP contribution in [0, 0.1) is 11.7 Å². The normalized spacial score (nSPS) is 28.4. The lowest BCUT2D eigenvalue weighted by molar-refractivity contribution is -0.117. The van der Waals surface area contributed by atoms with Gasteiger partial charge in [-0.3, -0.25) is 0 Å². The lowest BCUT2D eigenvalue weighted by atomic mass is 9.90. The summed E-state index contributed by atoms with van der Waals surface area (Å²) in [5, 5.41) is 3.31. The zero-order valence-electron chi connectivity index (χ0n) is 9.83. The molecule has 2 heterocycles. The first-order valence-corrected chi connectivity index (χ1v) is 6.06. The van der Waals surface area contributed by atoms with Crippen LogP contribution in [0.3, 0.4) is 0 Å². The molecule has 3 nitrogen and oxygen atoms in total. The summed E-state index contributed by atoms with van der Waals surface area (Å²) < 4.78 is 24.8. The molecule has 1 N–H and O–H groups in total. The van der Waals surface area contributed by atoms with Gasteiger partial charge in [-0.2, -0.15) is 0 Å². The summed E-state index contributed by atoms with van der Waals surface area (Å²) in [4.78, 5) is 0. The smallest absolute Gasteiger partial charge is 0.251 e. The van der Waals surface area contributed by atoms with Crippen molar-refractivity contribution in [3.05, 3.63) is 24.0 Å². The number of nitrogens with one attached hydrogen (secondary N) is 1. The van der Waals surface area contributed by atoms with Crippen molar-refractivity contribution in [2.24, 2.45) is 5.92 Å². The second kappa shape index (κ2) is 3.88. The summed E-state index contributed by atoms with van der Waals surface area (Å²) in [5.41, 5.74) is 0. The lowest BCUT2D eigenvalue weighted by Crippen LogP contribution is -2.47. The van der Waals surface area contributed by atoms with E-state index in [1.807, 2.05) is 6.92 Å². The van der Waals surface area contributed by atoms with E-state index < -0.39 is 5.79 Å². The van der Waals surface area contributed by atoms with E-state index in [0.717, 1.165) is 25.9 Å². The fourth-order valence-electron chi connectivity index (χ4n) is 2.62. The molecule has 0 radical (unpaired) electrons. The Kier molecular flexibility index (Phi) is 2.47. The summed E-state index contributed by atoms with van der Waals surface area (Å²) in [6.07, 6.45) is 2.04. The van der Waals surface area contributed by atoms with Crippen LogP contribution in [0.2, 0.25) is 0 Å². The van der Waals surface area contributed by atoms with E-state index >= 15 is 0 Å². The van der Waals surface area contributed by atoms with Crippen LogP contribution in [-0.4, -0.2) is 18.9 Å². The molecule has 0 spiro atoms. The Morgan fingerprint density at radius 3 is 2.71 bits per heavy atom. The Labute approximate surface area is 99.9 Å². The molecule has 92 valence electrons. The summed E-state index contributed by atoms with van der Waals surface area (Å²) in [7, 11) is 0. The van der Waals surface area contributed by atoms with Crippen LogP contribution in [-0.2, 0) is 0 Å². The molecule has 1 atom stereocenters. The number of hydrogen-bond acceptors (Lipinski definition) is 3. The molecular weight excluding hydrogens is 221 g/mol. The second-order valence-electron chi connectivity index (χ2n) is 4.84. The molecule has 0 aromatic heterocycles. The van der Waals surface area contributed by atoms with E-state index in [1.165, 1.54) is 12.1 Å². The number of rotatable bonds is 1. The monoisotopic (exact) mass is 237 g/mol. The third kappa shape index (κ3) is 1.86. The Morgan fingerprint density at radius 1 is 1.24 bits per heavy atom. The van der Waals surface area contributed by atoms with Gasteiger partial charge < -0.3 is 14.8 Å². The van der Waals surface area contributed by atoms with Gasteiger partial charge in [-0.05, 0) is 38.1 Å². The lowest BCUT2D eigenvalue weighted by Gasteiger charge is -2.34. The van der Waals surface area contributed by atoms with Crippen LogP contribution in [0.5, 0.6) is 11.5 Å². The number of fused-ring (bicyclic) bond motifs is 1. The Hall–Kier alpha value is -1.29. The standard InChI is InChI=1S/C13H16FNO2/c1-13(9-4-6-15-7-5-9)16-11-3-2-10(14)8-12(11)17-13/h2-3,8-9,15H,4-7H2,1H3. The SMILES string of the molecule is CC1(C2CCNCC2)Oc2ccc(F)cc2O1. The average molecular weight is 237 g/mol. The molecule has 0 saturated carbocycles. The maximum atomic E-state index is 13.1. The molecule has 1 aromatic rings. The van der Waals surface area contributed by atoms with Crippen molar-refractivity contribution in [3.8, 4) is 11.5 Å². The first-order chi connectivity index (χ1) is 8.17. The van der Waals surface area contributed by atoms with E-state index in [1.54, 1.807) is 6.07 Å². The molecule has 1 saturated heterocycles. The molecule has 2 aliphatic heterocycles. The maximum absolute atomic E-state index is 13.1. The van der Waals surface area contributed by atoms with Gasteiger partial charge in [-0.25, -0.2) is 4.39 Å². The largest absolute Gasteiger partial charge is 0.448 e. The third-order valence-corrected chi connectivity index (χ3v) is 3.61. The van der Waals surface area contributed by atoms with Crippen molar-refractivity contribution in [3.63, 3.8) is 0 Å². The Bertz CT molecular complexity index is 431. The van der Waals surface area contributed by atoms with Gasteiger partial charge in [-0.1, -0.05) is 0 Å². The highest BCUT2D eigenvalue weighted by Gasteiger charge is 2.44. The van der Waals surface area contributed by atoms with Gasteiger partial charge in [0.05, 0.1) is 0 Å². The van der Waals surface area contributed by atoms with Crippen molar-refractivity contribution in [2.45, 2.75) is 25.6 Å². The molecule has 17 heavy (non-hydrogen) atoms. The first kappa shape index (κ1) is 10.8. The van der Waals surface area contributed by atoms with Gasteiger partial charge >= 0.3 is 0 Å². The minimum absolute atomic E-state index is 0.290. The zero-order chi connectivity index (χ0) is 11.9. The van der Waals surface area contributed by atoms with Gasteiger partial charge in [0.15, 0.2) is 11.5 Å². The predicted molar refractivity (Wildman–Crippen MR) is 61.7 cm³/mol. The van der Waals surface area contributed by atoms with E-state index in [4.69, 9.17) is 9.47 Å². The minimum Gasteiger partial charge on any atom is -0.448 e. The molecule has 0 aliphatic carbocycles. The van der Waals surface area contributed by atoms with Gasteiger partial charge in [0.2, 0.25) is 0 Å². The molecular formula is C13H16FNO2. The number of hydrogen-bond donors (Lipinski definition) is 1. The summed E-state index contributed by atoms with van der Waals surface area (Å²) >= 11 is 0. The highest BCUT2D eigenvalue weighted by atomic mass is 19.1. The first-order valence-electron chi connectivity index (χ1n) is 6.06. The third-order valence-electron chi connectivity index (χ3n) is 3.61. The maximum Gasteiger partial charge on any atom is 0.251 e. The highest BCUT2D eigenvalue weighted by Crippen LogP contribution is 2.44. The molecule has 4 heteroatoms. The van der Waals surface area contributed by atoms with Crippen LogP contribution in [0.4, 0.5) is 4.39 Å². The van der Waals surface area contributed by atoms with Crippen LogP contribution in [0.25, 0.3) is 0 Å². The highest BCUT2D eigenvalue weighted by molar-refractivity contribution is 5.43. The molecule has 1 aromatic carbocycles. The van der Waals surface area contributed by atoms with Crippen molar-refractivity contribution in [1.29, 1.82) is 0 Å². The predicted octanol–water partition coefficient (Wildman–Crippen LogP) is 2.31. The number of halogens is 1. The van der Waals surface area contributed by atoms with Crippen LogP contribution in [0.1, 0.15) is 19.8 Å². The second-order valence-corrected chi connectivity index (χ2v) is 4.84. The fraction of sp³-hybridized carbons (Fsp3) is 0.538. The Morgan fingerprint density at radius 2 is 1.94 bits per heavy atom. The van der Waals surface area contributed by atoms with Crippen LogP contribution in [0.15, 0.2) is 18.2 Å². The molecule has 3 rings (SSSR count). The zero-order valence-corrected chi connectivity index (χ0v) is 9.83. The van der Waals surface area contributed by atoms with Gasteiger partial charge in [-0.15, -0.1) is 0 Å². The molecule has 1 unspecified atom stereocenters. The van der Waals surface area contributed by atoms with Gasteiger partial charge in [0, 0.05) is 18.9 Å². The number of piperidine rings is 1. The average Bonchev–Trinajstić information content (AvgIpc) is 2.67. The van der Waals surface area contributed by atoms with Crippen LogP contribution >= 0.6 is 0 Å². The van der Waals surface area contributed by atoms with Crippen molar-refractivity contribution in [2.75, 3.05) is 13.1 Å². The molecule has 0 amide bonds. The minimum atomic E-state index is -0.641. The van der Waals surface area contributed by atoms with E-state index in [9.17, 15) is 4.39 Å². The van der Waals surface area contributed by atoms with E-state index in [2.05, 4.69) is 5.32 Å². The van der Waals surface area contributed by atoms with Crippen molar-refractivity contribution < 1.29 is 13.9 Å². The molecule has 1 fully saturated rings. The quantitative estimate of drug-likeness (QED) is 0.813. The topological polar surface area (TPSA) is 30.5 Å². The molecule has 0 bridgehead atoms. The number of benzene rings is 1. The van der Waals surface area contributed by atoms with E-state index in [0.29, 0.717) is 17.4 Å². The van der Waals surface area contributed by atoms with Gasteiger partial charge in [0.25, 0.3) is 5.79 Å². The summed E-state index contributed by atoms with van der Waals surface area (Å²) in [6, 6.07) is 4.43. The van der Waals surface area contributed by atoms with Crippen LogP contribution < -0.4 is 14.8 Å². The van der Waals surface area contributed by atoms with Gasteiger partial charge in [0.1, 0.15) is 5.82 Å². The molecule has 2 aliphatic rings.